The summed E-state index contributed by atoms with van der Waals surface area (Å²) in [6.07, 6.45) is 1.46. The van der Waals surface area contributed by atoms with Crippen molar-refractivity contribution in [2.75, 3.05) is 25.1 Å². The van der Waals surface area contributed by atoms with Gasteiger partial charge in [-0.25, -0.2) is 0 Å². The summed E-state index contributed by atoms with van der Waals surface area (Å²) >= 11 is 9.50. The molecule has 1 saturated heterocycles. The smallest absolute Gasteiger partial charge is 0.0762 e. The number of benzene rings is 1. The van der Waals surface area contributed by atoms with Crippen molar-refractivity contribution in [3.8, 4) is 0 Å². The van der Waals surface area contributed by atoms with Crippen LogP contribution in [-0.2, 0) is 10.1 Å². The lowest BCUT2D eigenvalue weighted by Crippen LogP contribution is -2.23. The van der Waals surface area contributed by atoms with Gasteiger partial charge in [0.15, 0.2) is 0 Å². The van der Waals surface area contributed by atoms with E-state index in [4.69, 9.17) is 16.3 Å². The van der Waals surface area contributed by atoms with E-state index in [1.165, 1.54) is 11.3 Å². The van der Waals surface area contributed by atoms with Crippen molar-refractivity contribution in [1.29, 1.82) is 0 Å². The van der Waals surface area contributed by atoms with Crippen molar-refractivity contribution in [3.05, 3.63) is 28.8 Å². The molecule has 0 aromatic heterocycles. The van der Waals surface area contributed by atoms with Crippen LogP contribution in [-0.4, -0.2) is 26.3 Å². The highest BCUT2D eigenvalue weighted by molar-refractivity contribution is 9.08. The molecule has 4 heteroatoms. The first-order valence-corrected chi connectivity index (χ1v) is 6.86. The molecule has 1 aromatic carbocycles. The second-order valence-corrected chi connectivity index (χ2v) is 5.00. The van der Waals surface area contributed by atoms with Crippen LogP contribution in [0.3, 0.4) is 0 Å². The SMILES string of the molecule is COC1CCN(c2ccc(Cl)cc2CBr)C1. The molecule has 1 aromatic rings. The summed E-state index contributed by atoms with van der Waals surface area (Å²) in [6.45, 7) is 2.03. The summed E-state index contributed by atoms with van der Waals surface area (Å²) < 4.78 is 5.38. The standard InChI is InChI=1S/C12H15BrClNO/c1-16-11-4-5-15(8-11)12-3-2-10(14)6-9(12)7-13/h2-3,6,11H,4-5,7-8H2,1H3. The van der Waals surface area contributed by atoms with E-state index in [-0.39, 0.29) is 0 Å². The lowest BCUT2D eigenvalue weighted by atomic mass is 10.2. The Bertz CT molecular complexity index is 372. The molecule has 1 unspecified atom stereocenters. The van der Waals surface area contributed by atoms with Crippen LogP contribution in [0, 0.1) is 0 Å². The van der Waals surface area contributed by atoms with E-state index in [0.29, 0.717) is 6.10 Å². The van der Waals surface area contributed by atoms with Gasteiger partial charge >= 0.3 is 0 Å². The zero-order valence-electron chi connectivity index (χ0n) is 9.25. The van der Waals surface area contributed by atoms with E-state index < -0.39 is 0 Å². The molecule has 1 heterocycles. The van der Waals surface area contributed by atoms with E-state index in [1.807, 2.05) is 12.1 Å². The predicted octanol–water partition coefficient (Wildman–Crippen LogP) is 3.46. The monoisotopic (exact) mass is 303 g/mol. The largest absolute Gasteiger partial charge is 0.380 e. The molecule has 0 aliphatic carbocycles. The number of hydrogen-bond donors (Lipinski definition) is 0. The van der Waals surface area contributed by atoms with Gasteiger partial charge in [0.1, 0.15) is 0 Å². The van der Waals surface area contributed by atoms with Crippen molar-refractivity contribution in [3.63, 3.8) is 0 Å². The topological polar surface area (TPSA) is 12.5 Å². The van der Waals surface area contributed by atoms with Crippen LogP contribution in [0.25, 0.3) is 0 Å². The number of methoxy groups -OCH3 is 1. The molecule has 16 heavy (non-hydrogen) atoms. The van der Waals surface area contributed by atoms with Crippen molar-refractivity contribution >= 4 is 33.2 Å². The molecule has 0 spiro atoms. The number of nitrogens with zero attached hydrogens (tertiary/aromatic N) is 1. The Balaban J connectivity index is 2.20. The van der Waals surface area contributed by atoms with Gasteiger partial charge in [0.2, 0.25) is 0 Å². The van der Waals surface area contributed by atoms with Gasteiger partial charge in [-0.15, -0.1) is 0 Å². The normalized spacial score (nSPS) is 20.4. The van der Waals surface area contributed by atoms with E-state index in [2.05, 4.69) is 26.9 Å². The predicted molar refractivity (Wildman–Crippen MR) is 71.7 cm³/mol. The van der Waals surface area contributed by atoms with Gasteiger partial charge in [-0.2, -0.15) is 0 Å². The van der Waals surface area contributed by atoms with Gasteiger partial charge in [0.05, 0.1) is 6.10 Å². The van der Waals surface area contributed by atoms with Crippen LogP contribution >= 0.6 is 27.5 Å². The average molecular weight is 305 g/mol. The Morgan fingerprint density at radius 2 is 2.38 bits per heavy atom. The van der Waals surface area contributed by atoms with E-state index >= 15 is 0 Å². The molecule has 1 atom stereocenters. The Morgan fingerprint density at radius 3 is 3.00 bits per heavy atom. The second-order valence-electron chi connectivity index (χ2n) is 4.00. The van der Waals surface area contributed by atoms with Gasteiger partial charge in [-0.05, 0) is 30.2 Å². The Kier molecular flexibility index (Phi) is 4.11. The molecule has 1 aliphatic heterocycles. The molecule has 1 fully saturated rings. The summed E-state index contributed by atoms with van der Waals surface area (Å²) in [4.78, 5) is 2.36. The fraction of sp³-hybridized carbons (Fsp3) is 0.500. The molecular weight excluding hydrogens is 289 g/mol. The first-order chi connectivity index (χ1) is 7.74. The van der Waals surface area contributed by atoms with Crippen LogP contribution in [0.15, 0.2) is 18.2 Å². The van der Waals surface area contributed by atoms with E-state index in [0.717, 1.165) is 29.9 Å². The summed E-state index contributed by atoms with van der Waals surface area (Å²) in [5, 5.41) is 1.62. The molecule has 0 bridgehead atoms. The van der Waals surface area contributed by atoms with Gasteiger partial charge in [0, 0.05) is 36.2 Å². The maximum atomic E-state index is 5.99. The number of rotatable bonds is 3. The highest BCUT2D eigenvalue weighted by Crippen LogP contribution is 2.29. The number of halogens is 2. The Hall–Kier alpha value is -0.250. The fourth-order valence-electron chi connectivity index (χ4n) is 2.11. The first-order valence-electron chi connectivity index (χ1n) is 5.36. The number of anilines is 1. The molecule has 0 radical (unpaired) electrons. The third-order valence-electron chi connectivity index (χ3n) is 3.00. The van der Waals surface area contributed by atoms with Crippen LogP contribution in [0.1, 0.15) is 12.0 Å². The van der Waals surface area contributed by atoms with Gasteiger partial charge in [-0.1, -0.05) is 27.5 Å². The Labute approximate surface area is 110 Å². The maximum absolute atomic E-state index is 5.99. The highest BCUT2D eigenvalue weighted by atomic mass is 79.9. The molecule has 0 N–H and O–H groups in total. The minimum atomic E-state index is 0.360. The van der Waals surface area contributed by atoms with Crippen LogP contribution in [0.5, 0.6) is 0 Å². The Morgan fingerprint density at radius 1 is 1.56 bits per heavy atom. The number of hydrogen-bond acceptors (Lipinski definition) is 2. The highest BCUT2D eigenvalue weighted by Gasteiger charge is 2.23. The third kappa shape index (κ3) is 2.53. The maximum Gasteiger partial charge on any atom is 0.0762 e. The van der Waals surface area contributed by atoms with Crippen LogP contribution in [0.2, 0.25) is 5.02 Å². The van der Waals surface area contributed by atoms with E-state index in [9.17, 15) is 0 Å². The summed E-state index contributed by atoms with van der Waals surface area (Å²) in [5.41, 5.74) is 2.50. The lowest BCUT2D eigenvalue weighted by Gasteiger charge is -2.21. The van der Waals surface area contributed by atoms with Gasteiger partial charge in [0.25, 0.3) is 0 Å². The van der Waals surface area contributed by atoms with Gasteiger partial charge in [-0.3, -0.25) is 0 Å². The molecule has 0 amide bonds. The average Bonchev–Trinajstić information content (AvgIpc) is 2.77. The first kappa shape index (κ1) is 12.2. The molecule has 0 saturated carbocycles. The number of ether oxygens (including phenoxy) is 1. The zero-order valence-corrected chi connectivity index (χ0v) is 11.6. The van der Waals surface area contributed by atoms with E-state index in [1.54, 1.807) is 7.11 Å². The molecule has 1 aliphatic rings. The summed E-state index contributed by atoms with van der Waals surface area (Å²) in [5.74, 6) is 0. The van der Waals surface area contributed by atoms with Crippen LogP contribution < -0.4 is 4.90 Å². The summed E-state index contributed by atoms with van der Waals surface area (Å²) in [7, 11) is 1.78. The summed E-state index contributed by atoms with van der Waals surface area (Å²) in [6, 6.07) is 6.06. The third-order valence-corrected chi connectivity index (χ3v) is 3.84. The molecule has 88 valence electrons. The number of alkyl halides is 1. The van der Waals surface area contributed by atoms with Crippen molar-refractivity contribution in [2.45, 2.75) is 17.9 Å². The minimum absolute atomic E-state index is 0.360. The fourth-order valence-corrected chi connectivity index (χ4v) is 2.75. The molecule has 2 rings (SSSR count). The quantitative estimate of drug-likeness (QED) is 0.793. The van der Waals surface area contributed by atoms with Gasteiger partial charge < -0.3 is 9.64 Å². The zero-order chi connectivity index (χ0) is 11.5. The van der Waals surface area contributed by atoms with Crippen LogP contribution in [0.4, 0.5) is 5.69 Å². The molecule has 2 nitrogen and oxygen atoms in total. The lowest BCUT2D eigenvalue weighted by molar-refractivity contribution is 0.121. The van der Waals surface area contributed by atoms with Crippen molar-refractivity contribution in [1.82, 2.24) is 0 Å². The van der Waals surface area contributed by atoms with Crippen molar-refractivity contribution in [2.24, 2.45) is 0 Å². The minimum Gasteiger partial charge on any atom is -0.380 e. The second kappa shape index (κ2) is 5.39. The van der Waals surface area contributed by atoms with Crippen molar-refractivity contribution < 1.29 is 4.74 Å². The molecular formula is C12H15BrClNO.